The van der Waals surface area contributed by atoms with Gasteiger partial charge in [0.2, 0.25) is 5.91 Å². The van der Waals surface area contributed by atoms with Crippen LogP contribution < -0.4 is 4.74 Å². The van der Waals surface area contributed by atoms with Crippen LogP contribution in [-0.2, 0) is 9.59 Å². The van der Waals surface area contributed by atoms with E-state index in [-0.39, 0.29) is 23.7 Å². The predicted molar refractivity (Wildman–Crippen MR) is 78.8 cm³/mol. The molecular formula is C17H21NO3. The van der Waals surface area contributed by atoms with Crippen molar-refractivity contribution in [3.05, 3.63) is 29.8 Å². The first-order valence-corrected chi connectivity index (χ1v) is 7.70. The van der Waals surface area contributed by atoms with Crippen LogP contribution in [0.1, 0.15) is 31.2 Å². The lowest BCUT2D eigenvalue weighted by molar-refractivity contribution is -0.143. The number of hydrogen-bond donors (Lipinski definition) is 0. The summed E-state index contributed by atoms with van der Waals surface area (Å²) in [6.45, 7) is 3.34. The average molecular weight is 287 g/mol. The first kappa shape index (κ1) is 14.1. The fourth-order valence-corrected chi connectivity index (χ4v) is 2.80. The van der Waals surface area contributed by atoms with Gasteiger partial charge in [-0.15, -0.1) is 0 Å². The second-order valence-electron chi connectivity index (χ2n) is 6.11. The van der Waals surface area contributed by atoms with Gasteiger partial charge in [0.1, 0.15) is 5.75 Å². The van der Waals surface area contributed by atoms with Crippen molar-refractivity contribution in [2.75, 3.05) is 13.1 Å². The highest BCUT2D eigenvalue weighted by Crippen LogP contribution is 2.32. The van der Waals surface area contributed by atoms with E-state index in [9.17, 15) is 9.59 Å². The third-order valence-electron chi connectivity index (χ3n) is 4.27. The number of esters is 1. The Morgan fingerprint density at radius 3 is 2.43 bits per heavy atom. The van der Waals surface area contributed by atoms with Crippen LogP contribution in [0.15, 0.2) is 24.3 Å². The van der Waals surface area contributed by atoms with Gasteiger partial charge < -0.3 is 9.64 Å². The van der Waals surface area contributed by atoms with Crippen molar-refractivity contribution in [1.29, 1.82) is 0 Å². The molecule has 0 radical (unpaired) electrons. The summed E-state index contributed by atoms with van der Waals surface area (Å²) >= 11 is 0. The van der Waals surface area contributed by atoms with E-state index in [1.807, 2.05) is 30.0 Å². The molecule has 0 N–H and O–H groups in total. The number of carbonyl (C=O) groups excluding carboxylic acids is 2. The van der Waals surface area contributed by atoms with E-state index in [0.717, 1.165) is 18.4 Å². The summed E-state index contributed by atoms with van der Waals surface area (Å²) in [5.41, 5.74) is 1.07. The van der Waals surface area contributed by atoms with Gasteiger partial charge in [-0.25, -0.2) is 0 Å². The number of hydrogen-bond acceptors (Lipinski definition) is 3. The summed E-state index contributed by atoms with van der Waals surface area (Å²) in [5.74, 6) is 0.894. The molecule has 2 fully saturated rings. The lowest BCUT2D eigenvalue weighted by Crippen LogP contribution is -2.41. The van der Waals surface area contributed by atoms with Crippen LogP contribution in [0, 0.1) is 18.8 Å². The van der Waals surface area contributed by atoms with E-state index in [1.54, 1.807) is 6.07 Å². The second kappa shape index (κ2) is 5.88. The summed E-state index contributed by atoms with van der Waals surface area (Å²) in [4.78, 5) is 26.1. The van der Waals surface area contributed by atoms with Crippen molar-refractivity contribution in [1.82, 2.24) is 4.90 Å². The maximum Gasteiger partial charge on any atom is 0.314 e. The smallest absolute Gasteiger partial charge is 0.314 e. The van der Waals surface area contributed by atoms with Gasteiger partial charge in [-0.3, -0.25) is 9.59 Å². The SMILES string of the molecule is Cc1cccc(OC(=O)C2CCN(C(=O)C3CC3)CC2)c1. The summed E-state index contributed by atoms with van der Waals surface area (Å²) < 4.78 is 5.45. The normalized spacial score (nSPS) is 19.4. The predicted octanol–water partition coefficient (Wildman–Crippen LogP) is 2.55. The molecule has 1 saturated carbocycles. The highest BCUT2D eigenvalue weighted by atomic mass is 16.5. The molecule has 0 spiro atoms. The topological polar surface area (TPSA) is 46.6 Å². The standard InChI is InChI=1S/C17H21NO3/c1-12-3-2-4-15(11-12)21-17(20)14-7-9-18(10-8-14)16(19)13-5-6-13/h2-4,11,13-14H,5-10H2,1H3. The fraction of sp³-hybridized carbons (Fsp3) is 0.529. The number of carbonyl (C=O) groups is 2. The maximum absolute atomic E-state index is 12.2. The summed E-state index contributed by atoms with van der Waals surface area (Å²) in [7, 11) is 0. The molecule has 0 unspecified atom stereocenters. The Morgan fingerprint density at radius 1 is 1.10 bits per heavy atom. The minimum Gasteiger partial charge on any atom is -0.426 e. The molecule has 1 aliphatic carbocycles. The van der Waals surface area contributed by atoms with Gasteiger partial charge in [0, 0.05) is 19.0 Å². The van der Waals surface area contributed by atoms with E-state index in [2.05, 4.69) is 0 Å². The average Bonchev–Trinajstić information content (AvgIpc) is 3.31. The van der Waals surface area contributed by atoms with E-state index in [0.29, 0.717) is 31.7 Å². The van der Waals surface area contributed by atoms with Crippen LogP contribution in [0.2, 0.25) is 0 Å². The number of nitrogens with zero attached hydrogens (tertiary/aromatic N) is 1. The molecule has 0 atom stereocenters. The number of amides is 1. The van der Waals surface area contributed by atoms with Crippen molar-refractivity contribution >= 4 is 11.9 Å². The van der Waals surface area contributed by atoms with Crippen molar-refractivity contribution in [3.63, 3.8) is 0 Å². The quantitative estimate of drug-likeness (QED) is 0.634. The molecule has 0 bridgehead atoms. The van der Waals surface area contributed by atoms with E-state index in [4.69, 9.17) is 4.74 Å². The van der Waals surface area contributed by atoms with Gasteiger partial charge in [-0.1, -0.05) is 12.1 Å². The van der Waals surface area contributed by atoms with Crippen molar-refractivity contribution in [2.45, 2.75) is 32.6 Å². The maximum atomic E-state index is 12.2. The molecule has 112 valence electrons. The largest absolute Gasteiger partial charge is 0.426 e. The first-order valence-electron chi connectivity index (χ1n) is 7.70. The highest BCUT2D eigenvalue weighted by molar-refractivity contribution is 5.81. The molecule has 1 saturated heterocycles. The second-order valence-corrected chi connectivity index (χ2v) is 6.11. The van der Waals surface area contributed by atoms with Crippen LogP contribution in [0.5, 0.6) is 5.75 Å². The van der Waals surface area contributed by atoms with Crippen molar-refractivity contribution in [2.24, 2.45) is 11.8 Å². The first-order chi connectivity index (χ1) is 10.1. The van der Waals surface area contributed by atoms with Crippen molar-refractivity contribution in [3.8, 4) is 5.75 Å². The van der Waals surface area contributed by atoms with Gasteiger partial charge in [-0.05, 0) is 50.3 Å². The summed E-state index contributed by atoms with van der Waals surface area (Å²) in [6.07, 6.45) is 3.49. The van der Waals surface area contributed by atoms with Crippen LogP contribution in [0.3, 0.4) is 0 Å². The van der Waals surface area contributed by atoms with Crippen LogP contribution in [0.25, 0.3) is 0 Å². The Balaban J connectivity index is 1.51. The highest BCUT2D eigenvalue weighted by Gasteiger charge is 2.36. The van der Waals surface area contributed by atoms with Gasteiger partial charge >= 0.3 is 5.97 Å². The number of ether oxygens (including phenoxy) is 1. The number of likely N-dealkylation sites (tertiary alicyclic amines) is 1. The van der Waals surface area contributed by atoms with E-state index >= 15 is 0 Å². The number of rotatable bonds is 3. The van der Waals surface area contributed by atoms with Crippen LogP contribution in [-0.4, -0.2) is 29.9 Å². The Morgan fingerprint density at radius 2 is 1.81 bits per heavy atom. The van der Waals surface area contributed by atoms with E-state index < -0.39 is 0 Å². The monoisotopic (exact) mass is 287 g/mol. The van der Waals surface area contributed by atoms with Crippen molar-refractivity contribution < 1.29 is 14.3 Å². The lowest BCUT2D eigenvalue weighted by Gasteiger charge is -2.31. The van der Waals surface area contributed by atoms with Gasteiger partial charge in [0.15, 0.2) is 0 Å². The minimum absolute atomic E-state index is 0.0891. The van der Waals surface area contributed by atoms with E-state index in [1.165, 1.54) is 0 Å². The number of aryl methyl sites for hydroxylation is 1. The molecule has 0 aromatic heterocycles. The number of piperidine rings is 1. The fourth-order valence-electron chi connectivity index (χ4n) is 2.80. The molecule has 21 heavy (non-hydrogen) atoms. The number of benzene rings is 1. The molecular weight excluding hydrogens is 266 g/mol. The molecule has 1 aromatic carbocycles. The Bertz CT molecular complexity index is 543. The van der Waals surface area contributed by atoms with Crippen LogP contribution >= 0.6 is 0 Å². The molecule has 1 aliphatic heterocycles. The van der Waals surface area contributed by atoms with Gasteiger partial charge in [0.05, 0.1) is 5.92 Å². The molecule has 4 heteroatoms. The molecule has 1 amide bonds. The Hall–Kier alpha value is -1.84. The third-order valence-corrected chi connectivity index (χ3v) is 4.27. The minimum atomic E-state index is -0.167. The molecule has 2 aliphatic rings. The molecule has 1 heterocycles. The third kappa shape index (κ3) is 3.43. The summed E-state index contributed by atoms with van der Waals surface area (Å²) in [5, 5.41) is 0. The lowest BCUT2D eigenvalue weighted by atomic mass is 9.96. The zero-order valence-electron chi connectivity index (χ0n) is 12.4. The Kier molecular flexibility index (Phi) is 3.95. The van der Waals surface area contributed by atoms with Gasteiger partial charge in [0.25, 0.3) is 0 Å². The Labute approximate surface area is 125 Å². The summed E-state index contributed by atoms with van der Waals surface area (Å²) in [6, 6.07) is 7.52. The zero-order chi connectivity index (χ0) is 14.8. The molecule has 1 aromatic rings. The molecule has 4 nitrogen and oxygen atoms in total. The van der Waals surface area contributed by atoms with Gasteiger partial charge in [-0.2, -0.15) is 0 Å². The molecule has 3 rings (SSSR count). The van der Waals surface area contributed by atoms with Crippen LogP contribution in [0.4, 0.5) is 0 Å². The zero-order valence-corrected chi connectivity index (χ0v) is 12.4.